The van der Waals surface area contributed by atoms with Gasteiger partial charge in [-0.1, -0.05) is 0 Å². The molecule has 0 aromatic carbocycles. The van der Waals surface area contributed by atoms with Crippen molar-refractivity contribution in [1.82, 2.24) is 0 Å². The predicted molar refractivity (Wildman–Crippen MR) is 55.6 cm³/mol. The van der Waals surface area contributed by atoms with Gasteiger partial charge in [-0.15, -0.1) is 10.1 Å². The van der Waals surface area contributed by atoms with Gasteiger partial charge in [0.1, 0.15) is 0 Å². The molecule has 0 rings (SSSR count). The number of nitrogens with zero attached hydrogens (tertiary/aromatic N) is 2. The van der Waals surface area contributed by atoms with E-state index < -0.39 is 17.1 Å². The van der Waals surface area contributed by atoms with Gasteiger partial charge in [0.25, 0.3) is 0 Å². The highest BCUT2D eigenvalue weighted by atomic mass is 17.0. The number of hydrogen-bond donors (Lipinski definition) is 3. The van der Waals surface area contributed by atoms with Gasteiger partial charge in [0.2, 0.25) is 0 Å². The molecule has 0 fully saturated rings. The van der Waals surface area contributed by atoms with Crippen molar-refractivity contribution in [1.29, 1.82) is 0 Å². The molecule has 9 heteroatoms. The molecule has 1 atom stereocenters. The summed E-state index contributed by atoms with van der Waals surface area (Å²) in [5.74, 6) is -1.05. The lowest BCUT2D eigenvalue weighted by Gasteiger charge is -2.07. The molecule has 9 nitrogen and oxygen atoms in total. The summed E-state index contributed by atoms with van der Waals surface area (Å²) in [7, 11) is 0. The minimum Gasteiger partial charge on any atom is -0.370 e. The summed E-state index contributed by atoms with van der Waals surface area (Å²) in [6, 6.07) is -0.996. The fourth-order valence-electron chi connectivity index (χ4n) is 0.943. The van der Waals surface area contributed by atoms with Gasteiger partial charge >= 0.3 is 11.1 Å². The zero-order chi connectivity index (χ0) is 12.6. The number of hydrogen-bond acceptors (Lipinski definition) is 6. The van der Waals surface area contributed by atoms with Crippen LogP contribution in [-0.2, 0) is 9.63 Å². The van der Waals surface area contributed by atoms with Crippen LogP contribution in [0.4, 0.5) is 0 Å². The molecule has 0 aliphatic rings. The number of guanidine groups is 1. The Morgan fingerprint density at radius 2 is 2.06 bits per heavy atom. The maximum Gasteiger partial charge on any atom is 0.320 e. The number of aliphatic imine (C=N–C) groups is 1. The maximum absolute atomic E-state index is 10.9. The second-order valence-electron chi connectivity index (χ2n) is 3.04. The normalized spacial score (nSPS) is 11.6. The lowest BCUT2D eigenvalue weighted by molar-refractivity contribution is -0.729. The Morgan fingerprint density at radius 3 is 2.56 bits per heavy atom. The first-order valence-corrected chi connectivity index (χ1v) is 4.60. The van der Waals surface area contributed by atoms with E-state index >= 15 is 0 Å². The lowest BCUT2D eigenvalue weighted by Crippen LogP contribution is -2.33. The standard InChI is InChI=1S/C7H15N5O4/c8-5(6(13)16-12(14)15)3-1-2-4-11-7(9)10/h5H,1-4,8H2,(H4,9,10,11). The molecule has 0 amide bonds. The first-order chi connectivity index (χ1) is 7.43. The molecular weight excluding hydrogens is 218 g/mol. The van der Waals surface area contributed by atoms with Gasteiger partial charge in [-0.2, -0.15) is 0 Å². The third kappa shape index (κ3) is 7.50. The Bertz CT molecular complexity index is 276. The summed E-state index contributed by atoms with van der Waals surface area (Å²) >= 11 is 0. The van der Waals surface area contributed by atoms with E-state index in [1.54, 1.807) is 0 Å². The summed E-state index contributed by atoms with van der Waals surface area (Å²) in [5.41, 5.74) is 15.5. The topological polar surface area (TPSA) is 160 Å². The molecule has 0 heterocycles. The van der Waals surface area contributed by atoms with E-state index in [4.69, 9.17) is 17.2 Å². The van der Waals surface area contributed by atoms with E-state index in [-0.39, 0.29) is 12.4 Å². The van der Waals surface area contributed by atoms with Gasteiger partial charge in [0, 0.05) is 6.54 Å². The van der Waals surface area contributed by atoms with E-state index in [2.05, 4.69) is 9.83 Å². The van der Waals surface area contributed by atoms with E-state index in [0.717, 1.165) is 0 Å². The molecule has 16 heavy (non-hydrogen) atoms. The van der Waals surface area contributed by atoms with E-state index in [0.29, 0.717) is 19.4 Å². The van der Waals surface area contributed by atoms with Crippen molar-refractivity contribution < 1.29 is 14.7 Å². The van der Waals surface area contributed by atoms with Crippen LogP contribution in [0.2, 0.25) is 0 Å². The van der Waals surface area contributed by atoms with Crippen LogP contribution in [0.5, 0.6) is 0 Å². The fourth-order valence-corrected chi connectivity index (χ4v) is 0.943. The first-order valence-electron chi connectivity index (χ1n) is 4.60. The quantitative estimate of drug-likeness (QED) is 0.158. The summed E-state index contributed by atoms with van der Waals surface area (Å²) in [6.45, 7) is 0.430. The van der Waals surface area contributed by atoms with Crippen molar-refractivity contribution in [3.8, 4) is 0 Å². The molecule has 6 N–H and O–H groups in total. The fraction of sp³-hybridized carbons (Fsp3) is 0.714. The molecule has 0 saturated carbocycles. The second-order valence-corrected chi connectivity index (χ2v) is 3.04. The monoisotopic (exact) mass is 233 g/mol. The Morgan fingerprint density at radius 1 is 1.44 bits per heavy atom. The highest BCUT2D eigenvalue weighted by Crippen LogP contribution is 2.01. The van der Waals surface area contributed by atoms with Crippen molar-refractivity contribution >= 4 is 11.9 Å². The molecule has 92 valence electrons. The van der Waals surface area contributed by atoms with Gasteiger partial charge in [0.05, 0.1) is 6.04 Å². The van der Waals surface area contributed by atoms with E-state index in [9.17, 15) is 14.9 Å². The summed E-state index contributed by atoms with van der Waals surface area (Å²) < 4.78 is 0. The van der Waals surface area contributed by atoms with Crippen molar-refractivity contribution in [2.45, 2.75) is 25.3 Å². The minimum atomic E-state index is -1.18. The van der Waals surface area contributed by atoms with Crippen molar-refractivity contribution in [3.05, 3.63) is 10.1 Å². The third-order valence-corrected chi connectivity index (χ3v) is 1.68. The van der Waals surface area contributed by atoms with Crippen molar-refractivity contribution in [2.75, 3.05) is 6.54 Å². The third-order valence-electron chi connectivity index (χ3n) is 1.68. The van der Waals surface area contributed by atoms with Crippen LogP contribution in [0.15, 0.2) is 4.99 Å². The molecule has 0 aromatic rings. The van der Waals surface area contributed by atoms with Crippen molar-refractivity contribution in [2.24, 2.45) is 22.2 Å². The molecule has 0 aliphatic heterocycles. The SMILES string of the molecule is NC(N)=NCCCCC(N)C(=O)O[N+](=O)[O-]. The largest absolute Gasteiger partial charge is 0.370 e. The van der Waals surface area contributed by atoms with Gasteiger partial charge in [-0.25, -0.2) is 4.84 Å². The highest BCUT2D eigenvalue weighted by molar-refractivity contribution is 5.75. The van der Waals surface area contributed by atoms with Gasteiger partial charge < -0.3 is 17.2 Å². The maximum atomic E-state index is 10.9. The summed E-state index contributed by atoms with van der Waals surface area (Å²) in [6.07, 6.45) is 1.49. The Balaban J connectivity index is 3.65. The van der Waals surface area contributed by atoms with Gasteiger partial charge in [-0.05, 0) is 19.3 Å². The Hall–Kier alpha value is -1.90. The van der Waals surface area contributed by atoms with E-state index in [1.807, 2.05) is 0 Å². The smallest absolute Gasteiger partial charge is 0.320 e. The van der Waals surface area contributed by atoms with Gasteiger partial charge in [0.15, 0.2) is 5.96 Å². The van der Waals surface area contributed by atoms with Crippen LogP contribution < -0.4 is 17.2 Å². The number of rotatable bonds is 7. The lowest BCUT2D eigenvalue weighted by atomic mass is 10.1. The molecule has 0 aliphatic carbocycles. The van der Waals surface area contributed by atoms with Crippen LogP contribution in [0.1, 0.15) is 19.3 Å². The Labute approximate surface area is 91.7 Å². The van der Waals surface area contributed by atoms with Crippen LogP contribution in [0.3, 0.4) is 0 Å². The van der Waals surface area contributed by atoms with E-state index in [1.165, 1.54) is 0 Å². The van der Waals surface area contributed by atoms with Crippen molar-refractivity contribution in [3.63, 3.8) is 0 Å². The number of carbonyl (C=O) groups excluding carboxylic acids is 1. The summed E-state index contributed by atoms with van der Waals surface area (Å²) in [5, 5.41) is 8.65. The average Bonchev–Trinajstić information content (AvgIpc) is 2.15. The average molecular weight is 233 g/mol. The molecule has 0 aromatic heterocycles. The highest BCUT2D eigenvalue weighted by Gasteiger charge is 2.16. The minimum absolute atomic E-state index is 0.00272. The Kier molecular flexibility index (Phi) is 6.52. The number of nitrogens with two attached hydrogens (primary N) is 3. The van der Waals surface area contributed by atoms with Crippen LogP contribution >= 0.6 is 0 Å². The predicted octanol–water partition coefficient (Wildman–Crippen LogP) is -1.51. The molecule has 0 spiro atoms. The zero-order valence-corrected chi connectivity index (χ0v) is 8.67. The van der Waals surface area contributed by atoms with Crippen LogP contribution in [0.25, 0.3) is 0 Å². The van der Waals surface area contributed by atoms with Crippen LogP contribution in [-0.4, -0.2) is 29.6 Å². The number of carbonyl (C=O) groups is 1. The second kappa shape index (κ2) is 7.40. The molecule has 0 bridgehead atoms. The first kappa shape index (κ1) is 14.1. The van der Waals surface area contributed by atoms with Crippen LogP contribution in [0, 0.1) is 10.1 Å². The summed E-state index contributed by atoms with van der Waals surface area (Å²) in [4.78, 5) is 28.1. The molecule has 1 unspecified atom stereocenters. The molecular formula is C7H15N5O4. The molecule has 0 saturated heterocycles. The van der Waals surface area contributed by atoms with Gasteiger partial charge in [-0.3, -0.25) is 9.79 Å². The number of unbranched alkanes of at least 4 members (excludes halogenated alkanes) is 1. The molecule has 0 radical (unpaired) electrons. The zero-order valence-electron chi connectivity index (χ0n) is 8.67.